The molecule has 2 N–H and O–H groups in total. The third kappa shape index (κ3) is 2.10. The van der Waals surface area contributed by atoms with Gasteiger partial charge in [0, 0.05) is 24.7 Å². The Morgan fingerprint density at radius 3 is 3.00 bits per heavy atom. The van der Waals surface area contributed by atoms with Crippen molar-refractivity contribution in [2.45, 2.75) is 6.10 Å². The average Bonchev–Trinajstić information content (AvgIpc) is 2.32. The third-order valence-electron chi connectivity index (χ3n) is 2.57. The molecule has 1 heterocycles. The topological polar surface area (TPSA) is 50.7 Å². The predicted molar refractivity (Wildman–Crippen MR) is 56.2 cm³/mol. The van der Waals surface area contributed by atoms with Crippen LogP contribution in [-0.2, 0) is 4.74 Å². The number of rotatable bonds is 2. The van der Waals surface area contributed by atoms with Gasteiger partial charge >= 0.3 is 0 Å². The Hall–Kier alpha value is -1.33. The zero-order valence-corrected chi connectivity index (χ0v) is 9.00. The summed E-state index contributed by atoms with van der Waals surface area (Å²) in [4.78, 5) is 0. The number of hydrogen-bond acceptors (Lipinski definition) is 4. The van der Waals surface area contributed by atoms with Crippen LogP contribution in [0.4, 0.5) is 4.39 Å². The van der Waals surface area contributed by atoms with Crippen LogP contribution >= 0.6 is 0 Å². The quantitative estimate of drug-likeness (QED) is 0.797. The SMILES string of the molecule is COc1cc(F)c(C2CNCCO2)cc1O. The van der Waals surface area contributed by atoms with Crippen LogP contribution < -0.4 is 10.1 Å². The molecule has 1 atom stereocenters. The van der Waals surface area contributed by atoms with Crippen molar-refractivity contribution < 1.29 is 19.0 Å². The molecule has 1 fully saturated rings. The summed E-state index contributed by atoms with van der Waals surface area (Å²) in [6.07, 6.45) is -0.356. The van der Waals surface area contributed by atoms with Crippen LogP contribution in [-0.4, -0.2) is 31.9 Å². The fraction of sp³-hybridized carbons (Fsp3) is 0.455. The van der Waals surface area contributed by atoms with E-state index in [2.05, 4.69) is 5.32 Å². The predicted octanol–water partition coefficient (Wildman–Crippen LogP) is 1.20. The van der Waals surface area contributed by atoms with E-state index in [1.807, 2.05) is 0 Å². The lowest BCUT2D eigenvalue weighted by Gasteiger charge is -2.24. The zero-order chi connectivity index (χ0) is 11.5. The summed E-state index contributed by atoms with van der Waals surface area (Å²) in [6, 6.07) is 2.52. The largest absolute Gasteiger partial charge is 0.504 e. The Kier molecular flexibility index (Phi) is 3.26. The second-order valence-corrected chi connectivity index (χ2v) is 3.61. The van der Waals surface area contributed by atoms with E-state index in [1.54, 1.807) is 0 Å². The Morgan fingerprint density at radius 1 is 1.56 bits per heavy atom. The molecule has 5 heteroatoms. The van der Waals surface area contributed by atoms with Crippen molar-refractivity contribution in [2.24, 2.45) is 0 Å². The summed E-state index contributed by atoms with van der Waals surface area (Å²) in [5, 5.41) is 12.7. The lowest BCUT2D eigenvalue weighted by Crippen LogP contribution is -2.33. The molecule has 16 heavy (non-hydrogen) atoms. The van der Waals surface area contributed by atoms with E-state index in [4.69, 9.17) is 9.47 Å². The summed E-state index contributed by atoms with van der Waals surface area (Å²) >= 11 is 0. The van der Waals surface area contributed by atoms with Crippen molar-refractivity contribution in [1.29, 1.82) is 0 Å². The number of halogens is 1. The van der Waals surface area contributed by atoms with Gasteiger partial charge in [0.05, 0.1) is 19.8 Å². The van der Waals surface area contributed by atoms with E-state index in [0.29, 0.717) is 18.7 Å². The fourth-order valence-corrected chi connectivity index (χ4v) is 1.74. The molecular weight excluding hydrogens is 213 g/mol. The van der Waals surface area contributed by atoms with Gasteiger partial charge in [-0.2, -0.15) is 0 Å². The Bertz CT molecular complexity index is 378. The molecule has 0 spiro atoms. The number of phenolic OH excluding ortho intramolecular Hbond substituents is 1. The normalized spacial score (nSPS) is 20.8. The summed E-state index contributed by atoms with van der Waals surface area (Å²) < 4.78 is 23.9. The first-order valence-electron chi connectivity index (χ1n) is 5.11. The first-order valence-corrected chi connectivity index (χ1v) is 5.11. The van der Waals surface area contributed by atoms with Gasteiger partial charge in [-0.25, -0.2) is 4.39 Å². The standard InChI is InChI=1S/C11H14FNO3/c1-15-10-5-8(12)7(4-9(10)14)11-6-13-2-3-16-11/h4-5,11,13-14H,2-3,6H2,1H3. The van der Waals surface area contributed by atoms with Gasteiger partial charge in [0.1, 0.15) is 5.82 Å². The second kappa shape index (κ2) is 4.67. The van der Waals surface area contributed by atoms with Gasteiger partial charge in [-0.05, 0) is 6.07 Å². The molecule has 1 aromatic rings. The first kappa shape index (κ1) is 11.2. The second-order valence-electron chi connectivity index (χ2n) is 3.61. The third-order valence-corrected chi connectivity index (χ3v) is 2.57. The minimum Gasteiger partial charge on any atom is -0.504 e. The maximum atomic E-state index is 13.7. The maximum absolute atomic E-state index is 13.7. The van der Waals surface area contributed by atoms with E-state index in [-0.39, 0.29) is 17.6 Å². The van der Waals surface area contributed by atoms with Crippen LogP contribution in [0.25, 0.3) is 0 Å². The number of ether oxygens (including phenoxy) is 2. The highest BCUT2D eigenvalue weighted by Gasteiger charge is 2.21. The van der Waals surface area contributed by atoms with E-state index in [1.165, 1.54) is 19.2 Å². The number of methoxy groups -OCH3 is 1. The van der Waals surface area contributed by atoms with Gasteiger partial charge in [-0.1, -0.05) is 0 Å². The molecule has 1 aliphatic rings. The molecule has 0 saturated carbocycles. The van der Waals surface area contributed by atoms with Gasteiger partial charge in [0.2, 0.25) is 0 Å². The van der Waals surface area contributed by atoms with Crippen molar-refractivity contribution in [3.63, 3.8) is 0 Å². The molecule has 0 amide bonds. The number of aromatic hydroxyl groups is 1. The smallest absolute Gasteiger partial charge is 0.163 e. The molecule has 0 aromatic heterocycles. The van der Waals surface area contributed by atoms with Crippen LogP contribution in [0.2, 0.25) is 0 Å². The molecule has 1 unspecified atom stereocenters. The van der Waals surface area contributed by atoms with Crippen LogP contribution in [0.3, 0.4) is 0 Å². The van der Waals surface area contributed by atoms with E-state index >= 15 is 0 Å². The molecule has 0 bridgehead atoms. The highest BCUT2D eigenvalue weighted by Crippen LogP contribution is 2.32. The summed E-state index contributed by atoms with van der Waals surface area (Å²) in [7, 11) is 1.38. The summed E-state index contributed by atoms with van der Waals surface area (Å²) in [6.45, 7) is 1.85. The van der Waals surface area contributed by atoms with Crippen LogP contribution in [0.5, 0.6) is 11.5 Å². The molecule has 0 radical (unpaired) electrons. The molecule has 88 valence electrons. The number of benzene rings is 1. The lowest BCUT2D eigenvalue weighted by atomic mass is 10.1. The molecule has 0 aliphatic carbocycles. The first-order chi connectivity index (χ1) is 7.72. The van der Waals surface area contributed by atoms with Crippen molar-refractivity contribution >= 4 is 0 Å². The van der Waals surface area contributed by atoms with Gasteiger partial charge in [-0.15, -0.1) is 0 Å². The van der Waals surface area contributed by atoms with Crippen molar-refractivity contribution in [3.05, 3.63) is 23.5 Å². The van der Waals surface area contributed by atoms with E-state index in [0.717, 1.165) is 6.54 Å². The van der Waals surface area contributed by atoms with Gasteiger partial charge < -0.3 is 19.9 Å². The zero-order valence-electron chi connectivity index (χ0n) is 9.00. The fourth-order valence-electron chi connectivity index (χ4n) is 1.74. The monoisotopic (exact) mass is 227 g/mol. The van der Waals surface area contributed by atoms with Crippen molar-refractivity contribution in [2.75, 3.05) is 26.8 Å². The molecule has 1 saturated heterocycles. The number of nitrogens with one attached hydrogen (secondary N) is 1. The number of hydrogen-bond donors (Lipinski definition) is 2. The van der Waals surface area contributed by atoms with Gasteiger partial charge in [0.15, 0.2) is 11.5 Å². The van der Waals surface area contributed by atoms with E-state index < -0.39 is 5.82 Å². The van der Waals surface area contributed by atoms with Crippen molar-refractivity contribution in [1.82, 2.24) is 5.32 Å². The van der Waals surface area contributed by atoms with Gasteiger partial charge in [0.25, 0.3) is 0 Å². The minimum atomic E-state index is -0.427. The lowest BCUT2D eigenvalue weighted by molar-refractivity contribution is 0.0253. The Morgan fingerprint density at radius 2 is 2.38 bits per heavy atom. The van der Waals surface area contributed by atoms with E-state index in [9.17, 15) is 9.50 Å². The minimum absolute atomic E-state index is 0.0759. The maximum Gasteiger partial charge on any atom is 0.163 e. The van der Waals surface area contributed by atoms with Crippen LogP contribution in [0.15, 0.2) is 12.1 Å². The molecule has 1 aromatic carbocycles. The highest BCUT2D eigenvalue weighted by molar-refractivity contribution is 5.43. The summed E-state index contributed by atoms with van der Waals surface area (Å²) in [5.74, 6) is -0.374. The van der Waals surface area contributed by atoms with Crippen LogP contribution in [0.1, 0.15) is 11.7 Å². The van der Waals surface area contributed by atoms with Crippen molar-refractivity contribution in [3.8, 4) is 11.5 Å². The van der Waals surface area contributed by atoms with Crippen LogP contribution in [0, 0.1) is 5.82 Å². The number of morpholine rings is 1. The average molecular weight is 227 g/mol. The summed E-state index contributed by atoms with van der Waals surface area (Å²) in [5.41, 5.74) is 0.352. The van der Waals surface area contributed by atoms with Gasteiger partial charge in [-0.3, -0.25) is 0 Å². The Balaban J connectivity index is 2.29. The molecule has 2 rings (SSSR count). The molecule has 1 aliphatic heterocycles. The highest BCUT2D eigenvalue weighted by atomic mass is 19.1. The molecular formula is C11H14FNO3. The Labute approximate surface area is 93.0 Å². The molecule has 4 nitrogen and oxygen atoms in total. The number of phenols is 1.